The topological polar surface area (TPSA) is 59.7 Å². The number of carboxylic acids is 1. The van der Waals surface area contributed by atoms with Gasteiger partial charge in [0, 0.05) is 14.3 Å². The highest BCUT2D eigenvalue weighted by atomic mass is 79.9. The predicted octanol–water partition coefficient (Wildman–Crippen LogP) is 6.91. The number of furan rings is 1. The van der Waals surface area contributed by atoms with E-state index in [1.54, 1.807) is 6.07 Å². The lowest BCUT2D eigenvalue weighted by Crippen LogP contribution is -1.97. The lowest BCUT2D eigenvalue weighted by molar-refractivity contribution is 0.0698. The van der Waals surface area contributed by atoms with Crippen LogP contribution in [-0.4, -0.2) is 11.1 Å². The van der Waals surface area contributed by atoms with E-state index in [-0.39, 0.29) is 5.56 Å². The number of para-hydroxylation sites is 1. The Labute approximate surface area is 165 Å². The zero-order chi connectivity index (χ0) is 18.4. The number of carbonyl (C=O) groups is 1. The number of aromatic carboxylic acids is 1. The summed E-state index contributed by atoms with van der Waals surface area (Å²) in [7, 11) is 0. The Bertz CT molecular complexity index is 1160. The van der Waals surface area contributed by atoms with Crippen LogP contribution < -0.4 is 4.74 Å². The molecule has 1 aromatic heterocycles. The van der Waals surface area contributed by atoms with Crippen molar-refractivity contribution in [2.24, 2.45) is 0 Å². The van der Waals surface area contributed by atoms with Crippen molar-refractivity contribution in [1.82, 2.24) is 0 Å². The SMILES string of the molecule is Cc1cccc2c1oc1c(C(=O)O)ccc(Oc3cc(Br)cc(Br)c3)c12. The van der Waals surface area contributed by atoms with Crippen molar-refractivity contribution in [3.63, 3.8) is 0 Å². The predicted molar refractivity (Wildman–Crippen MR) is 107 cm³/mol. The van der Waals surface area contributed by atoms with E-state index < -0.39 is 5.97 Å². The molecule has 3 aromatic carbocycles. The number of rotatable bonds is 3. The molecule has 0 aliphatic rings. The molecule has 1 N–H and O–H groups in total. The van der Waals surface area contributed by atoms with Crippen molar-refractivity contribution in [1.29, 1.82) is 0 Å². The Morgan fingerprint density at radius 1 is 1.04 bits per heavy atom. The molecule has 0 amide bonds. The number of hydrogen-bond acceptors (Lipinski definition) is 3. The van der Waals surface area contributed by atoms with Crippen molar-refractivity contribution in [3.8, 4) is 11.5 Å². The summed E-state index contributed by atoms with van der Waals surface area (Å²) in [6.45, 7) is 1.93. The highest BCUT2D eigenvalue weighted by Gasteiger charge is 2.20. The molecule has 26 heavy (non-hydrogen) atoms. The second-order valence-electron chi connectivity index (χ2n) is 5.88. The normalized spacial score (nSPS) is 11.2. The van der Waals surface area contributed by atoms with E-state index in [2.05, 4.69) is 31.9 Å². The van der Waals surface area contributed by atoms with Gasteiger partial charge in [-0.1, -0.05) is 50.1 Å². The maximum absolute atomic E-state index is 11.6. The molecule has 0 spiro atoms. The molecule has 1 heterocycles. The highest BCUT2D eigenvalue weighted by Crippen LogP contribution is 2.41. The molecule has 4 rings (SSSR count). The van der Waals surface area contributed by atoms with Gasteiger partial charge in [0.15, 0.2) is 5.58 Å². The summed E-state index contributed by atoms with van der Waals surface area (Å²) < 4.78 is 13.7. The molecule has 6 heteroatoms. The molecule has 0 bridgehead atoms. The molecule has 0 aliphatic carbocycles. The van der Waals surface area contributed by atoms with Crippen LogP contribution in [0.4, 0.5) is 0 Å². The summed E-state index contributed by atoms with van der Waals surface area (Å²) in [6, 6.07) is 14.5. The van der Waals surface area contributed by atoms with E-state index >= 15 is 0 Å². The van der Waals surface area contributed by atoms with Crippen LogP contribution in [0.15, 0.2) is 61.9 Å². The largest absolute Gasteiger partial charge is 0.478 e. The van der Waals surface area contributed by atoms with Gasteiger partial charge in [0.2, 0.25) is 0 Å². The fourth-order valence-electron chi connectivity index (χ4n) is 2.98. The van der Waals surface area contributed by atoms with Crippen LogP contribution in [0.25, 0.3) is 21.9 Å². The van der Waals surface area contributed by atoms with Gasteiger partial charge in [-0.05, 0) is 42.8 Å². The quantitative estimate of drug-likeness (QED) is 0.349. The minimum absolute atomic E-state index is 0.110. The summed E-state index contributed by atoms with van der Waals surface area (Å²) in [6.07, 6.45) is 0. The Kier molecular flexibility index (Phi) is 4.25. The summed E-state index contributed by atoms with van der Waals surface area (Å²) in [5.74, 6) is 0.125. The third kappa shape index (κ3) is 2.89. The third-order valence-electron chi connectivity index (χ3n) is 4.10. The van der Waals surface area contributed by atoms with E-state index in [0.717, 1.165) is 19.9 Å². The average Bonchev–Trinajstić information content (AvgIpc) is 2.95. The molecule has 4 nitrogen and oxygen atoms in total. The summed E-state index contributed by atoms with van der Waals surface area (Å²) in [4.78, 5) is 11.6. The number of carboxylic acid groups (broad SMARTS) is 1. The average molecular weight is 476 g/mol. The maximum Gasteiger partial charge on any atom is 0.339 e. The second kappa shape index (κ2) is 6.45. The third-order valence-corrected chi connectivity index (χ3v) is 5.01. The van der Waals surface area contributed by atoms with Crippen molar-refractivity contribution < 1.29 is 19.1 Å². The molecule has 0 radical (unpaired) electrons. The first-order valence-corrected chi connectivity index (χ1v) is 9.34. The van der Waals surface area contributed by atoms with Gasteiger partial charge in [-0.3, -0.25) is 0 Å². The van der Waals surface area contributed by atoms with Crippen LogP contribution in [-0.2, 0) is 0 Å². The standard InChI is InChI=1S/C20H12Br2O4/c1-10-3-2-4-14-17-16(25-13-8-11(21)7-12(22)9-13)6-5-15(20(23)24)19(17)26-18(10)14/h2-9H,1H3,(H,23,24). The molecule has 0 unspecified atom stereocenters. The van der Waals surface area contributed by atoms with Crippen LogP contribution in [0.2, 0.25) is 0 Å². The first-order chi connectivity index (χ1) is 12.4. The van der Waals surface area contributed by atoms with Crippen LogP contribution in [0.1, 0.15) is 15.9 Å². The summed E-state index contributed by atoms with van der Waals surface area (Å²) >= 11 is 6.88. The van der Waals surface area contributed by atoms with Crippen LogP contribution in [0.5, 0.6) is 11.5 Å². The van der Waals surface area contributed by atoms with E-state index in [1.807, 2.05) is 43.3 Å². The van der Waals surface area contributed by atoms with Gasteiger partial charge in [0.1, 0.15) is 22.6 Å². The summed E-state index contributed by atoms with van der Waals surface area (Å²) in [5, 5.41) is 11.0. The van der Waals surface area contributed by atoms with E-state index in [0.29, 0.717) is 28.1 Å². The Balaban J connectivity index is 2.00. The van der Waals surface area contributed by atoms with E-state index in [1.165, 1.54) is 6.07 Å². The zero-order valence-electron chi connectivity index (χ0n) is 13.5. The van der Waals surface area contributed by atoms with Crippen LogP contribution >= 0.6 is 31.9 Å². The smallest absolute Gasteiger partial charge is 0.339 e. The molecule has 130 valence electrons. The molecular formula is C20H12Br2O4. The molecule has 0 aliphatic heterocycles. The zero-order valence-corrected chi connectivity index (χ0v) is 16.7. The number of halogens is 2. The Morgan fingerprint density at radius 2 is 1.77 bits per heavy atom. The molecule has 0 saturated heterocycles. The highest BCUT2D eigenvalue weighted by molar-refractivity contribution is 9.11. The van der Waals surface area contributed by atoms with Crippen molar-refractivity contribution in [3.05, 3.63) is 68.6 Å². The van der Waals surface area contributed by atoms with Gasteiger partial charge in [0.25, 0.3) is 0 Å². The van der Waals surface area contributed by atoms with Gasteiger partial charge in [0.05, 0.1) is 5.39 Å². The minimum Gasteiger partial charge on any atom is -0.478 e. The second-order valence-corrected chi connectivity index (χ2v) is 7.71. The lowest BCUT2D eigenvalue weighted by atomic mass is 10.1. The summed E-state index contributed by atoms with van der Waals surface area (Å²) in [5.41, 5.74) is 2.02. The van der Waals surface area contributed by atoms with Crippen molar-refractivity contribution in [2.75, 3.05) is 0 Å². The monoisotopic (exact) mass is 474 g/mol. The maximum atomic E-state index is 11.6. The van der Waals surface area contributed by atoms with Crippen LogP contribution in [0.3, 0.4) is 0 Å². The Hall–Kier alpha value is -2.31. The lowest BCUT2D eigenvalue weighted by Gasteiger charge is -2.09. The van der Waals surface area contributed by atoms with E-state index in [9.17, 15) is 9.90 Å². The number of aryl methyl sites for hydroxylation is 1. The number of benzene rings is 3. The van der Waals surface area contributed by atoms with Gasteiger partial charge in [-0.2, -0.15) is 0 Å². The molecule has 0 fully saturated rings. The molecule has 4 aromatic rings. The van der Waals surface area contributed by atoms with Crippen molar-refractivity contribution >= 4 is 59.8 Å². The first-order valence-electron chi connectivity index (χ1n) is 7.76. The fraction of sp³-hybridized carbons (Fsp3) is 0.0500. The number of hydrogen-bond donors (Lipinski definition) is 1. The molecule has 0 atom stereocenters. The minimum atomic E-state index is -1.04. The number of ether oxygens (including phenoxy) is 1. The van der Waals surface area contributed by atoms with Gasteiger partial charge in [-0.25, -0.2) is 4.79 Å². The van der Waals surface area contributed by atoms with Gasteiger partial charge >= 0.3 is 5.97 Å². The van der Waals surface area contributed by atoms with Crippen LogP contribution in [0, 0.1) is 6.92 Å². The van der Waals surface area contributed by atoms with Gasteiger partial charge in [-0.15, -0.1) is 0 Å². The van der Waals surface area contributed by atoms with E-state index in [4.69, 9.17) is 9.15 Å². The fourth-order valence-corrected chi connectivity index (χ4v) is 4.23. The Morgan fingerprint density at radius 3 is 2.46 bits per heavy atom. The first kappa shape index (κ1) is 17.1. The molecule has 0 saturated carbocycles. The van der Waals surface area contributed by atoms with Crippen molar-refractivity contribution in [2.45, 2.75) is 6.92 Å². The molecular weight excluding hydrogens is 464 g/mol. The van der Waals surface area contributed by atoms with Gasteiger partial charge < -0.3 is 14.3 Å². The number of fused-ring (bicyclic) bond motifs is 3.